The molecule has 1 N–H and O–H groups in total. The lowest BCUT2D eigenvalue weighted by Crippen LogP contribution is -2.27. The van der Waals surface area contributed by atoms with Gasteiger partial charge in [0.2, 0.25) is 5.28 Å². The SMILES string of the molecule is Cc1nc(Cl)nc2sc(NC(=O)OC(C)(C)C)nc12. The minimum absolute atomic E-state index is 0.164. The van der Waals surface area contributed by atoms with Gasteiger partial charge in [0.15, 0.2) is 9.96 Å². The highest BCUT2D eigenvalue weighted by Gasteiger charge is 2.18. The van der Waals surface area contributed by atoms with Crippen LogP contribution in [0.25, 0.3) is 10.3 Å². The lowest BCUT2D eigenvalue weighted by atomic mass is 10.2. The predicted molar refractivity (Wildman–Crippen MR) is 74.8 cm³/mol. The molecule has 6 nitrogen and oxygen atoms in total. The van der Waals surface area contributed by atoms with Crippen LogP contribution < -0.4 is 5.32 Å². The second kappa shape index (κ2) is 4.90. The molecule has 2 rings (SSSR count). The number of carbonyl (C=O) groups excluding carboxylic acids is 1. The summed E-state index contributed by atoms with van der Waals surface area (Å²) in [7, 11) is 0. The number of aryl methyl sites for hydroxylation is 1. The van der Waals surface area contributed by atoms with Crippen LogP contribution in [0.15, 0.2) is 0 Å². The molecule has 0 spiro atoms. The van der Waals surface area contributed by atoms with Crippen molar-refractivity contribution in [2.75, 3.05) is 5.32 Å². The maximum atomic E-state index is 11.6. The Kier molecular flexibility index (Phi) is 3.60. The van der Waals surface area contributed by atoms with Crippen molar-refractivity contribution in [3.05, 3.63) is 11.0 Å². The molecule has 0 fully saturated rings. The van der Waals surface area contributed by atoms with E-state index in [1.165, 1.54) is 11.3 Å². The first kappa shape index (κ1) is 14.0. The van der Waals surface area contributed by atoms with Gasteiger partial charge in [-0.3, -0.25) is 5.32 Å². The van der Waals surface area contributed by atoms with Gasteiger partial charge in [0.1, 0.15) is 11.1 Å². The van der Waals surface area contributed by atoms with E-state index in [-0.39, 0.29) is 5.28 Å². The maximum Gasteiger partial charge on any atom is 0.413 e. The Hall–Kier alpha value is -1.47. The van der Waals surface area contributed by atoms with Gasteiger partial charge in [-0.2, -0.15) is 0 Å². The van der Waals surface area contributed by atoms with Crippen LogP contribution in [0.5, 0.6) is 0 Å². The first-order valence-corrected chi connectivity index (χ1v) is 6.75. The number of amides is 1. The standard InChI is InChI=1S/C11H13ClN4O2S/c1-5-6-7(15-8(12)13-5)19-9(14-6)16-10(17)18-11(2,3)4/h1-4H3,(H,14,16,17). The maximum absolute atomic E-state index is 11.6. The third-order valence-corrected chi connectivity index (χ3v) is 3.05. The molecule has 102 valence electrons. The number of hydrogen-bond acceptors (Lipinski definition) is 6. The number of rotatable bonds is 1. The van der Waals surface area contributed by atoms with Gasteiger partial charge < -0.3 is 4.74 Å². The molecule has 2 aromatic heterocycles. The van der Waals surface area contributed by atoms with Crippen LogP contribution >= 0.6 is 22.9 Å². The molecule has 0 unspecified atom stereocenters. The molecule has 0 aliphatic rings. The summed E-state index contributed by atoms with van der Waals surface area (Å²) < 4.78 is 5.15. The minimum Gasteiger partial charge on any atom is -0.444 e. The summed E-state index contributed by atoms with van der Waals surface area (Å²) in [5, 5.41) is 3.14. The van der Waals surface area contributed by atoms with E-state index < -0.39 is 11.7 Å². The average molecular weight is 301 g/mol. The highest BCUT2D eigenvalue weighted by Crippen LogP contribution is 2.27. The van der Waals surface area contributed by atoms with Gasteiger partial charge in [0.05, 0.1) is 5.69 Å². The quantitative estimate of drug-likeness (QED) is 0.817. The first-order valence-electron chi connectivity index (χ1n) is 5.55. The third kappa shape index (κ3) is 3.51. The molecule has 0 saturated carbocycles. The molecule has 8 heteroatoms. The number of halogens is 1. The predicted octanol–water partition coefficient (Wildman–Crippen LogP) is 3.40. The van der Waals surface area contributed by atoms with Crippen LogP contribution in [-0.2, 0) is 4.74 Å². The molecule has 0 aromatic carbocycles. The van der Waals surface area contributed by atoms with Crippen molar-refractivity contribution in [2.24, 2.45) is 0 Å². The molecule has 0 bridgehead atoms. The van der Waals surface area contributed by atoms with E-state index in [9.17, 15) is 4.79 Å². The molecule has 0 radical (unpaired) electrons. The molecule has 0 saturated heterocycles. The summed E-state index contributed by atoms with van der Waals surface area (Å²) in [5.74, 6) is 0. The van der Waals surface area contributed by atoms with E-state index in [2.05, 4.69) is 20.3 Å². The second-order valence-electron chi connectivity index (χ2n) is 4.88. The van der Waals surface area contributed by atoms with E-state index in [0.717, 1.165) is 0 Å². The van der Waals surface area contributed by atoms with Gasteiger partial charge in [-0.15, -0.1) is 0 Å². The number of fused-ring (bicyclic) bond motifs is 1. The number of hydrogen-bond donors (Lipinski definition) is 1. The van der Waals surface area contributed by atoms with E-state index in [4.69, 9.17) is 16.3 Å². The van der Waals surface area contributed by atoms with E-state index in [1.54, 1.807) is 27.7 Å². The highest BCUT2D eigenvalue weighted by atomic mass is 35.5. The lowest BCUT2D eigenvalue weighted by Gasteiger charge is -2.18. The number of thiazole rings is 1. The smallest absolute Gasteiger partial charge is 0.413 e. The lowest BCUT2D eigenvalue weighted by molar-refractivity contribution is 0.0636. The fourth-order valence-electron chi connectivity index (χ4n) is 1.37. The Morgan fingerprint density at radius 2 is 2.00 bits per heavy atom. The van der Waals surface area contributed by atoms with Gasteiger partial charge in [0, 0.05) is 0 Å². The summed E-state index contributed by atoms with van der Waals surface area (Å²) in [6, 6.07) is 0. The van der Waals surface area contributed by atoms with Crippen LogP contribution in [-0.4, -0.2) is 26.6 Å². The number of nitrogens with one attached hydrogen (secondary N) is 1. The number of carbonyl (C=O) groups is 1. The number of aromatic nitrogens is 3. The zero-order valence-electron chi connectivity index (χ0n) is 10.9. The van der Waals surface area contributed by atoms with Gasteiger partial charge >= 0.3 is 6.09 Å². The van der Waals surface area contributed by atoms with Gasteiger partial charge in [-0.1, -0.05) is 11.3 Å². The highest BCUT2D eigenvalue weighted by molar-refractivity contribution is 7.22. The van der Waals surface area contributed by atoms with Crippen molar-refractivity contribution in [2.45, 2.75) is 33.3 Å². The summed E-state index contributed by atoms with van der Waals surface area (Å²) >= 11 is 6.99. The molecule has 0 atom stereocenters. The second-order valence-corrected chi connectivity index (χ2v) is 6.19. The van der Waals surface area contributed by atoms with Crippen molar-refractivity contribution in [3.63, 3.8) is 0 Å². The summed E-state index contributed by atoms with van der Waals surface area (Å²) in [6.45, 7) is 7.16. The number of nitrogens with zero attached hydrogens (tertiary/aromatic N) is 3. The largest absolute Gasteiger partial charge is 0.444 e. The minimum atomic E-state index is -0.556. The van der Waals surface area contributed by atoms with Crippen LogP contribution in [0.3, 0.4) is 0 Å². The Balaban J connectivity index is 2.23. The summed E-state index contributed by atoms with van der Waals surface area (Å²) in [4.78, 5) is 24.6. The van der Waals surface area contributed by atoms with Crippen LogP contribution in [0.2, 0.25) is 5.28 Å². The molecule has 19 heavy (non-hydrogen) atoms. The molecule has 0 aliphatic carbocycles. The normalized spacial score (nSPS) is 11.6. The Labute approximate surface area is 119 Å². The van der Waals surface area contributed by atoms with Crippen LogP contribution in [0.4, 0.5) is 9.93 Å². The monoisotopic (exact) mass is 300 g/mol. The third-order valence-electron chi connectivity index (χ3n) is 2.01. The van der Waals surface area contributed by atoms with Gasteiger partial charge in [-0.25, -0.2) is 19.7 Å². The van der Waals surface area contributed by atoms with Crippen LogP contribution in [0.1, 0.15) is 26.5 Å². The van der Waals surface area contributed by atoms with Gasteiger partial charge in [0.25, 0.3) is 0 Å². The molecule has 2 aromatic rings. The first-order chi connectivity index (χ1) is 8.74. The number of ether oxygens (including phenoxy) is 1. The molecule has 0 aliphatic heterocycles. The Bertz CT molecular complexity index is 635. The number of anilines is 1. The van der Waals surface area contributed by atoms with Crippen molar-refractivity contribution >= 4 is 44.5 Å². The summed E-state index contributed by atoms with van der Waals surface area (Å²) in [6.07, 6.45) is -0.553. The Morgan fingerprint density at radius 3 is 2.63 bits per heavy atom. The molecule has 2 heterocycles. The average Bonchev–Trinajstić information content (AvgIpc) is 2.56. The van der Waals surface area contributed by atoms with Crippen LogP contribution in [0, 0.1) is 6.92 Å². The summed E-state index contributed by atoms with van der Waals surface area (Å²) in [5.41, 5.74) is 0.740. The fraction of sp³-hybridized carbons (Fsp3) is 0.455. The Morgan fingerprint density at radius 1 is 1.32 bits per heavy atom. The van der Waals surface area contributed by atoms with Crippen molar-refractivity contribution in [3.8, 4) is 0 Å². The van der Waals surface area contributed by atoms with Crippen molar-refractivity contribution in [1.82, 2.24) is 15.0 Å². The molecular formula is C11H13ClN4O2S. The van der Waals surface area contributed by atoms with E-state index in [1.807, 2.05) is 0 Å². The molecular weight excluding hydrogens is 288 g/mol. The molecule has 1 amide bonds. The van der Waals surface area contributed by atoms with E-state index >= 15 is 0 Å². The van der Waals surface area contributed by atoms with E-state index in [0.29, 0.717) is 21.2 Å². The fourth-order valence-corrected chi connectivity index (χ4v) is 2.51. The van der Waals surface area contributed by atoms with Crippen molar-refractivity contribution in [1.29, 1.82) is 0 Å². The zero-order valence-corrected chi connectivity index (χ0v) is 12.5. The zero-order chi connectivity index (χ0) is 14.2. The topological polar surface area (TPSA) is 77.0 Å². The van der Waals surface area contributed by atoms with Crippen molar-refractivity contribution < 1.29 is 9.53 Å². The van der Waals surface area contributed by atoms with Gasteiger partial charge in [-0.05, 0) is 39.3 Å².